The second-order valence-electron chi connectivity index (χ2n) is 8.98. The van der Waals surface area contributed by atoms with E-state index in [2.05, 4.69) is 63.0 Å². The summed E-state index contributed by atoms with van der Waals surface area (Å²) in [7, 11) is 1.69. The summed E-state index contributed by atoms with van der Waals surface area (Å²) < 4.78 is 13.5. The standard InChI is InChI=1S/C26H31N5O2/c1-17(32-3)16-33-24-6-4-5-19-7-8-20(13-23(19)24)26-29-28-25-10-9-21(14-31(25)26)18(2)30-12-11-22(27)15-30/h4-10,13-14,17-18,22H,11-12,15-16,27H2,1-3H3/t17-,18+,22+/m1/s1. The Kier molecular flexibility index (Phi) is 6.01. The number of nitrogens with two attached hydrogens (primary N) is 1. The average Bonchev–Trinajstić information content (AvgIpc) is 3.47. The monoisotopic (exact) mass is 445 g/mol. The Labute approximate surface area is 194 Å². The predicted octanol–water partition coefficient (Wildman–Crippen LogP) is 4.06. The van der Waals surface area contributed by atoms with Crippen LogP contribution in [0.15, 0.2) is 54.7 Å². The van der Waals surface area contributed by atoms with Gasteiger partial charge in [-0.1, -0.05) is 30.3 Å². The highest BCUT2D eigenvalue weighted by Crippen LogP contribution is 2.31. The van der Waals surface area contributed by atoms with Crippen LogP contribution in [0.4, 0.5) is 0 Å². The Balaban J connectivity index is 1.51. The topological polar surface area (TPSA) is 77.9 Å². The summed E-state index contributed by atoms with van der Waals surface area (Å²) in [5, 5.41) is 11.1. The normalized spacial score (nSPS) is 18.7. The molecule has 0 unspecified atom stereocenters. The Morgan fingerprint density at radius 3 is 2.79 bits per heavy atom. The Bertz CT molecular complexity index is 1270. The fraction of sp³-hybridized carbons (Fsp3) is 0.385. The first-order chi connectivity index (χ1) is 16.0. The predicted molar refractivity (Wildman–Crippen MR) is 130 cm³/mol. The molecule has 1 aliphatic heterocycles. The van der Waals surface area contributed by atoms with E-state index in [0.717, 1.165) is 53.1 Å². The van der Waals surface area contributed by atoms with E-state index < -0.39 is 0 Å². The Morgan fingerprint density at radius 1 is 1.12 bits per heavy atom. The third kappa shape index (κ3) is 4.31. The summed E-state index contributed by atoms with van der Waals surface area (Å²) in [5.41, 5.74) is 9.20. The number of aromatic nitrogens is 3. The van der Waals surface area contributed by atoms with Gasteiger partial charge in [-0.15, -0.1) is 10.2 Å². The summed E-state index contributed by atoms with van der Waals surface area (Å²) in [6, 6.07) is 17.2. The summed E-state index contributed by atoms with van der Waals surface area (Å²) in [5.74, 6) is 1.66. The lowest BCUT2D eigenvalue weighted by molar-refractivity contribution is 0.0722. The molecule has 1 fully saturated rings. The highest BCUT2D eigenvalue weighted by molar-refractivity contribution is 5.91. The van der Waals surface area contributed by atoms with Crippen molar-refractivity contribution < 1.29 is 9.47 Å². The van der Waals surface area contributed by atoms with E-state index in [1.165, 1.54) is 5.56 Å². The molecule has 2 aromatic carbocycles. The van der Waals surface area contributed by atoms with E-state index in [4.69, 9.17) is 15.2 Å². The van der Waals surface area contributed by atoms with Crippen molar-refractivity contribution in [1.29, 1.82) is 0 Å². The highest BCUT2D eigenvalue weighted by Gasteiger charge is 2.25. The van der Waals surface area contributed by atoms with Crippen LogP contribution in [0.5, 0.6) is 5.75 Å². The molecule has 1 saturated heterocycles. The number of nitrogens with zero attached hydrogens (tertiary/aromatic N) is 4. The molecule has 0 radical (unpaired) electrons. The molecule has 0 amide bonds. The molecular formula is C26H31N5O2. The molecule has 2 aromatic heterocycles. The van der Waals surface area contributed by atoms with Crippen molar-refractivity contribution in [2.24, 2.45) is 5.73 Å². The smallest absolute Gasteiger partial charge is 0.168 e. The zero-order valence-electron chi connectivity index (χ0n) is 19.4. The maximum Gasteiger partial charge on any atom is 0.168 e. The van der Waals surface area contributed by atoms with Gasteiger partial charge in [-0.05, 0) is 49.4 Å². The van der Waals surface area contributed by atoms with Crippen LogP contribution in [0.3, 0.4) is 0 Å². The van der Waals surface area contributed by atoms with Crippen LogP contribution >= 0.6 is 0 Å². The minimum absolute atomic E-state index is 0.0226. The zero-order valence-corrected chi connectivity index (χ0v) is 19.4. The van der Waals surface area contributed by atoms with Gasteiger partial charge in [0.25, 0.3) is 0 Å². The molecule has 172 valence electrons. The lowest BCUT2D eigenvalue weighted by Gasteiger charge is -2.24. The summed E-state index contributed by atoms with van der Waals surface area (Å²) >= 11 is 0. The number of methoxy groups -OCH3 is 1. The van der Waals surface area contributed by atoms with Crippen LogP contribution in [-0.4, -0.2) is 58.4 Å². The lowest BCUT2D eigenvalue weighted by Crippen LogP contribution is -2.28. The van der Waals surface area contributed by atoms with Crippen molar-refractivity contribution in [3.63, 3.8) is 0 Å². The van der Waals surface area contributed by atoms with E-state index >= 15 is 0 Å². The van der Waals surface area contributed by atoms with E-state index in [1.807, 2.05) is 25.1 Å². The van der Waals surface area contributed by atoms with E-state index in [1.54, 1.807) is 7.11 Å². The molecule has 0 saturated carbocycles. The number of hydrogen-bond donors (Lipinski definition) is 1. The molecule has 3 heterocycles. The van der Waals surface area contributed by atoms with E-state index in [-0.39, 0.29) is 18.2 Å². The van der Waals surface area contributed by atoms with Crippen molar-refractivity contribution in [2.45, 2.75) is 38.5 Å². The largest absolute Gasteiger partial charge is 0.490 e. The molecule has 5 rings (SSSR count). The molecule has 1 aliphatic rings. The molecule has 2 N–H and O–H groups in total. The van der Waals surface area contributed by atoms with Gasteiger partial charge in [-0.3, -0.25) is 9.30 Å². The van der Waals surface area contributed by atoms with Crippen molar-refractivity contribution in [3.8, 4) is 17.1 Å². The first-order valence-electron chi connectivity index (χ1n) is 11.6. The van der Waals surface area contributed by atoms with Crippen molar-refractivity contribution in [2.75, 3.05) is 26.8 Å². The minimum Gasteiger partial charge on any atom is -0.490 e. The Hall–Kier alpha value is -3.00. The van der Waals surface area contributed by atoms with Crippen LogP contribution in [0.2, 0.25) is 0 Å². The van der Waals surface area contributed by atoms with Crippen LogP contribution in [0.1, 0.15) is 31.9 Å². The van der Waals surface area contributed by atoms with Gasteiger partial charge in [0.05, 0.1) is 6.10 Å². The number of likely N-dealkylation sites (tertiary alicyclic amines) is 1. The highest BCUT2D eigenvalue weighted by atomic mass is 16.5. The zero-order chi connectivity index (χ0) is 22.9. The van der Waals surface area contributed by atoms with Crippen LogP contribution in [-0.2, 0) is 4.74 Å². The molecule has 0 aliphatic carbocycles. The third-order valence-electron chi connectivity index (χ3n) is 6.69. The number of ether oxygens (including phenoxy) is 2. The second-order valence-corrected chi connectivity index (χ2v) is 8.98. The number of pyridine rings is 1. The lowest BCUT2D eigenvalue weighted by atomic mass is 10.1. The molecule has 0 spiro atoms. The molecule has 7 nitrogen and oxygen atoms in total. The Morgan fingerprint density at radius 2 is 2.00 bits per heavy atom. The first-order valence-corrected chi connectivity index (χ1v) is 11.6. The molecule has 33 heavy (non-hydrogen) atoms. The van der Waals surface area contributed by atoms with Gasteiger partial charge < -0.3 is 15.2 Å². The van der Waals surface area contributed by atoms with Crippen molar-refractivity contribution >= 4 is 16.4 Å². The number of rotatable bonds is 7. The second kappa shape index (κ2) is 9.09. The maximum absolute atomic E-state index is 6.13. The van der Waals surface area contributed by atoms with Gasteiger partial charge in [-0.25, -0.2) is 0 Å². The molecule has 0 bridgehead atoms. The van der Waals surface area contributed by atoms with Gasteiger partial charge in [0.2, 0.25) is 0 Å². The first kappa shape index (κ1) is 21.8. The van der Waals surface area contributed by atoms with Gasteiger partial charge in [-0.2, -0.15) is 0 Å². The van der Waals surface area contributed by atoms with Crippen molar-refractivity contribution in [3.05, 3.63) is 60.3 Å². The minimum atomic E-state index is 0.0226. The number of hydrogen-bond acceptors (Lipinski definition) is 6. The van der Waals surface area contributed by atoms with E-state index in [9.17, 15) is 0 Å². The average molecular weight is 446 g/mol. The fourth-order valence-corrected chi connectivity index (χ4v) is 4.51. The number of fused-ring (bicyclic) bond motifs is 2. The summed E-state index contributed by atoms with van der Waals surface area (Å²) in [6.07, 6.45) is 3.23. The van der Waals surface area contributed by atoms with Gasteiger partial charge in [0.15, 0.2) is 11.5 Å². The van der Waals surface area contributed by atoms with Gasteiger partial charge >= 0.3 is 0 Å². The maximum atomic E-state index is 6.13. The van der Waals surface area contributed by atoms with Crippen molar-refractivity contribution in [1.82, 2.24) is 19.5 Å². The number of benzene rings is 2. The quantitative estimate of drug-likeness (QED) is 0.462. The molecule has 7 heteroatoms. The van der Waals surface area contributed by atoms with Crippen LogP contribution < -0.4 is 10.5 Å². The summed E-state index contributed by atoms with van der Waals surface area (Å²) in [4.78, 5) is 2.44. The van der Waals surface area contributed by atoms with Crippen LogP contribution in [0, 0.1) is 0 Å². The molecular weight excluding hydrogens is 414 g/mol. The SMILES string of the molecule is CO[C@H](C)COc1cccc2ccc(-c3nnc4ccc([C@H](C)N5CC[C@H](N)C5)cn34)cc12. The molecule has 3 atom stereocenters. The van der Waals surface area contributed by atoms with Gasteiger partial charge in [0, 0.05) is 49.4 Å². The van der Waals surface area contributed by atoms with E-state index in [0.29, 0.717) is 6.61 Å². The van der Waals surface area contributed by atoms with Gasteiger partial charge in [0.1, 0.15) is 12.4 Å². The molecule has 4 aromatic rings. The fourth-order valence-electron chi connectivity index (χ4n) is 4.51. The summed E-state index contributed by atoms with van der Waals surface area (Å²) in [6.45, 7) is 6.69. The third-order valence-corrected chi connectivity index (χ3v) is 6.69. The van der Waals surface area contributed by atoms with Crippen LogP contribution in [0.25, 0.3) is 27.8 Å².